The largest absolute Gasteiger partial charge is 0.416 e. The van der Waals surface area contributed by atoms with Crippen molar-refractivity contribution in [1.82, 2.24) is 0 Å². The van der Waals surface area contributed by atoms with Crippen LogP contribution in [0, 0.1) is 17.2 Å². The van der Waals surface area contributed by atoms with Gasteiger partial charge in [0.15, 0.2) is 11.7 Å². The first-order valence-corrected chi connectivity index (χ1v) is 6.50. The molecule has 0 saturated heterocycles. The molecule has 1 amide bonds. The fourth-order valence-corrected chi connectivity index (χ4v) is 1.57. The Morgan fingerprint density at radius 2 is 1.83 bits per heavy atom. The molecular formula is C16H13F3N2O2. The Hall–Kier alpha value is -2.88. The number of alkyl halides is 3. The van der Waals surface area contributed by atoms with Crippen molar-refractivity contribution in [3.63, 3.8) is 0 Å². The second-order valence-corrected chi connectivity index (χ2v) is 4.41. The first-order chi connectivity index (χ1) is 10.8. The molecule has 1 aromatic rings. The third-order valence-electron chi connectivity index (χ3n) is 2.72. The number of halogens is 3. The zero-order valence-electron chi connectivity index (χ0n) is 12.1. The maximum Gasteiger partial charge on any atom is 0.416 e. The normalized spacial score (nSPS) is 13.0. The summed E-state index contributed by atoms with van der Waals surface area (Å²) in [6, 6.07) is 5.26. The van der Waals surface area contributed by atoms with Gasteiger partial charge >= 0.3 is 6.18 Å². The minimum absolute atomic E-state index is 0.0634. The second kappa shape index (κ2) is 7.94. The number of allylic oxidation sites excluding steroid dienone is 4. The highest BCUT2D eigenvalue weighted by atomic mass is 19.4. The molecule has 120 valence electrons. The fourth-order valence-electron chi connectivity index (χ4n) is 1.57. The first-order valence-electron chi connectivity index (χ1n) is 6.50. The number of carbonyl (C=O) groups is 2. The molecule has 0 fully saturated rings. The van der Waals surface area contributed by atoms with E-state index in [0.29, 0.717) is 0 Å². The van der Waals surface area contributed by atoms with Crippen LogP contribution in [0.4, 0.5) is 18.9 Å². The van der Waals surface area contributed by atoms with Crippen LogP contribution in [-0.4, -0.2) is 11.7 Å². The molecule has 0 radical (unpaired) electrons. The Balaban J connectivity index is 2.81. The van der Waals surface area contributed by atoms with E-state index >= 15 is 0 Å². The lowest BCUT2D eigenvalue weighted by atomic mass is 10.0. The van der Waals surface area contributed by atoms with Crippen molar-refractivity contribution in [2.45, 2.75) is 13.1 Å². The number of ketones is 1. The highest BCUT2D eigenvalue weighted by Crippen LogP contribution is 2.29. The standard InChI is InChI=1S/C16H13F3N2O2/c1-2-3-4-5-14(22)13(10-20)15(23)21-12-8-6-11(7-9-12)16(17,18)19/h2-9,13H,1H3,(H,21,23). The average molecular weight is 322 g/mol. The molecule has 23 heavy (non-hydrogen) atoms. The van der Waals surface area contributed by atoms with E-state index in [0.717, 1.165) is 30.3 Å². The zero-order valence-corrected chi connectivity index (χ0v) is 12.1. The molecule has 0 aliphatic heterocycles. The van der Waals surface area contributed by atoms with Crippen molar-refractivity contribution in [3.8, 4) is 6.07 Å². The summed E-state index contributed by atoms with van der Waals surface area (Å²) in [6.07, 6.45) is 1.21. The Morgan fingerprint density at radius 1 is 1.22 bits per heavy atom. The van der Waals surface area contributed by atoms with Gasteiger partial charge in [0.2, 0.25) is 5.91 Å². The molecule has 1 N–H and O–H groups in total. The number of hydrogen-bond acceptors (Lipinski definition) is 3. The first kappa shape index (κ1) is 18.2. The van der Waals surface area contributed by atoms with Gasteiger partial charge in [-0.25, -0.2) is 0 Å². The van der Waals surface area contributed by atoms with Gasteiger partial charge in [0.05, 0.1) is 11.6 Å². The Bertz CT molecular complexity index is 668. The van der Waals surface area contributed by atoms with Gasteiger partial charge in [-0.2, -0.15) is 18.4 Å². The summed E-state index contributed by atoms with van der Waals surface area (Å²) >= 11 is 0. The Labute approximate surface area is 130 Å². The maximum absolute atomic E-state index is 12.4. The van der Waals surface area contributed by atoms with Crippen molar-refractivity contribution in [3.05, 3.63) is 54.1 Å². The van der Waals surface area contributed by atoms with Gasteiger partial charge in [-0.05, 0) is 37.3 Å². The number of carbonyl (C=O) groups excluding carboxylic acids is 2. The van der Waals surface area contributed by atoms with E-state index in [1.807, 2.05) is 0 Å². The van der Waals surface area contributed by atoms with E-state index in [1.54, 1.807) is 25.1 Å². The van der Waals surface area contributed by atoms with Crippen molar-refractivity contribution in [2.75, 3.05) is 5.32 Å². The van der Waals surface area contributed by atoms with Gasteiger partial charge in [-0.1, -0.05) is 18.2 Å². The molecule has 1 atom stereocenters. The highest BCUT2D eigenvalue weighted by Gasteiger charge is 2.30. The molecule has 0 bridgehead atoms. The Kier molecular flexibility index (Phi) is 6.27. The van der Waals surface area contributed by atoms with Crippen molar-refractivity contribution in [1.29, 1.82) is 5.26 Å². The lowest BCUT2D eigenvalue weighted by Crippen LogP contribution is -2.27. The molecule has 0 aliphatic carbocycles. The number of rotatable bonds is 5. The number of anilines is 1. The van der Waals surface area contributed by atoms with Crippen LogP contribution in [0.25, 0.3) is 0 Å². The third kappa shape index (κ3) is 5.43. The number of nitriles is 1. The van der Waals surface area contributed by atoms with Gasteiger partial charge < -0.3 is 5.32 Å². The summed E-state index contributed by atoms with van der Waals surface area (Å²) < 4.78 is 37.3. The van der Waals surface area contributed by atoms with Gasteiger partial charge in [-0.15, -0.1) is 0 Å². The lowest BCUT2D eigenvalue weighted by molar-refractivity contribution is -0.137. The molecule has 1 aromatic carbocycles. The molecule has 0 saturated carbocycles. The predicted octanol–water partition coefficient (Wildman–Crippen LogP) is 3.49. The van der Waals surface area contributed by atoms with E-state index in [9.17, 15) is 22.8 Å². The minimum atomic E-state index is -4.48. The van der Waals surface area contributed by atoms with E-state index < -0.39 is 29.3 Å². The van der Waals surface area contributed by atoms with E-state index in [-0.39, 0.29) is 5.69 Å². The lowest BCUT2D eigenvalue weighted by Gasteiger charge is -2.10. The van der Waals surface area contributed by atoms with Crippen LogP contribution in [0.5, 0.6) is 0 Å². The smallest absolute Gasteiger partial charge is 0.325 e. The summed E-state index contributed by atoms with van der Waals surface area (Å²) in [4.78, 5) is 23.6. The van der Waals surface area contributed by atoms with Crippen LogP contribution in [0.2, 0.25) is 0 Å². The molecule has 0 spiro atoms. The fraction of sp³-hybridized carbons (Fsp3) is 0.188. The highest BCUT2D eigenvalue weighted by molar-refractivity contribution is 6.13. The number of nitrogens with zero attached hydrogens (tertiary/aromatic N) is 1. The molecule has 0 heterocycles. The summed E-state index contributed by atoms with van der Waals surface area (Å²) in [7, 11) is 0. The van der Waals surface area contributed by atoms with E-state index in [4.69, 9.17) is 5.26 Å². The van der Waals surface area contributed by atoms with Gasteiger partial charge in [-0.3, -0.25) is 9.59 Å². The number of amides is 1. The second-order valence-electron chi connectivity index (χ2n) is 4.41. The van der Waals surface area contributed by atoms with Gasteiger partial charge in [0.1, 0.15) is 0 Å². The molecule has 1 unspecified atom stereocenters. The Morgan fingerprint density at radius 3 is 2.30 bits per heavy atom. The van der Waals surface area contributed by atoms with Crippen LogP contribution in [0.1, 0.15) is 12.5 Å². The maximum atomic E-state index is 12.4. The number of benzene rings is 1. The molecule has 4 nitrogen and oxygen atoms in total. The minimum Gasteiger partial charge on any atom is -0.325 e. The van der Waals surface area contributed by atoms with Crippen molar-refractivity contribution >= 4 is 17.4 Å². The predicted molar refractivity (Wildman–Crippen MR) is 78.1 cm³/mol. The van der Waals surface area contributed by atoms with Crippen LogP contribution < -0.4 is 5.32 Å². The monoisotopic (exact) mass is 322 g/mol. The number of nitrogens with one attached hydrogen (secondary N) is 1. The van der Waals surface area contributed by atoms with Crippen LogP contribution >= 0.6 is 0 Å². The molecule has 0 aromatic heterocycles. The molecule has 1 rings (SSSR count). The molecular weight excluding hydrogens is 309 g/mol. The zero-order chi connectivity index (χ0) is 17.5. The third-order valence-corrected chi connectivity index (χ3v) is 2.72. The van der Waals surface area contributed by atoms with Crippen LogP contribution in [-0.2, 0) is 15.8 Å². The van der Waals surface area contributed by atoms with Crippen LogP contribution in [0.3, 0.4) is 0 Å². The summed E-state index contributed by atoms with van der Waals surface area (Å²) in [5.41, 5.74) is -0.800. The van der Waals surface area contributed by atoms with E-state index in [1.165, 1.54) is 6.08 Å². The average Bonchev–Trinajstić information content (AvgIpc) is 2.48. The summed E-state index contributed by atoms with van der Waals surface area (Å²) in [5, 5.41) is 11.2. The summed E-state index contributed by atoms with van der Waals surface area (Å²) in [6.45, 7) is 1.73. The van der Waals surface area contributed by atoms with Gasteiger partial charge in [0.25, 0.3) is 0 Å². The van der Waals surface area contributed by atoms with Gasteiger partial charge in [0, 0.05) is 5.69 Å². The quantitative estimate of drug-likeness (QED) is 0.512. The molecule has 0 aliphatic rings. The van der Waals surface area contributed by atoms with E-state index in [2.05, 4.69) is 5.32 Å². The van der Waals surface area contributed by atoms with Crippen molar-refractivity contribution in [2.24, 2.45) is 5.92 Å². The van der Waals surface area contributed by atoms with Crippen molar-refractivity contribution < 1.29 is 22.8 Å². The summed E-state index contributed by atoms with van der Waals surface area (Å²) in [5.74, 6) is -3.18. The van der Waals surface area contributed by atoms with Crippen LogP contribution in [0.15, 0.2) is 48.6 Å². The topological polar surface area (TPSA) is 70.0 Å². The SMILES string of the molecule is CC=CC=CC(=O)C(C#N)C(=O)Nc1ccc(C(F)(F)F)cc1. The molecule has 7 heteroatoms. The number of hydrogen-bond donors (Lipinski definition) is 1.